The van der Waals surface area contributed by atoms with Crippen molar-refractivity contribution in [1.29, 1.82) is 0 Å². The van der Waals surface area contributed by atoms with Crippen LogP contribution in [0.5, 0.6) is 11.5 Å². The Morgan fingerprint density at radius 1 is 1.03 bits per heavy atom. The highest BCUT2D eigenvalue weighted by Crippen LogP contribution is 2.36. The van der Waals surface area contributed by atoms with Crippen LogP contribution in [0.15, 0.2) is 77.4 Å². The summed E-state index contributed by atoms with van der Waals surface area (Å²) in [6.07, 6.45) is 1.70. The van der Waals surface area contributed by atoms with Gasteiger partial charge in [0.25, 0.3) is 0 Å². The van der Waals surface area contributed by atoms with E-state index >= 15 is 0 Å². The van der Waals surface area contributed by atoms with Gasteiger partial charge in [-0.3, -0.25) is 0 Å². The monoisotopic (exact) mass is 539 g/mol. The third kappa shape index (κ3) is 5.19. The first-order valence-corrected chi connectivity index (χ1v) is 11.3. The summed E-state index contributed by atoms with van der Waals surface area (Å²) in [5, 5.41) is 0. The number of hydrogen-bond donors (Lipinski definition) is 0. The molecule has 1 heterocycles. The molecule has 0 spiro atoms. The number of nitrogens with zero attached hydrogens (tertiary/aromatic N) is 1. The van der Waals surface area contributed by atoms with Crippen LogP contribution in [0.1, 0.15) is 29.2 Å². The summed E-state index contributed by atoms with van der Waals surface area (Å²) >= 11 is 2.22. The van der Waals surface area contributed by atoms with Gasteiger partial charge in [0.2, 0.25) is 5.90 Å². The molecule has 5 nitrogen and oxygen atoms in total. The minimum absolute atomic E-state index is 0.246. The van der Waals surface area contributed by atoms with Gasteiger partial charge in [-0.25, -0.2) is 9.79 Å². The number of benzene rings is 3. The Morgan fingerprint density at radius 2 is 1.84 bits per heavy atom. The molecule has 0 saturated carbocycles. The van der Waals surface area contributed by atoms with E-state index in [1.165, 1.54) is 5.56 Å². The fourth-order valence-electron chi connectivity index (χ4n) is 3.30. The first-order chi connectivity index (χ1) is 15.5. The Bertz CT molecular complexity index is 1200. The fraction of sp³-hybridized carbons (Fsp3) is 0.154. The Kier molecular flexibility index (Phi) is 6.90. The molecule has 0 saturated heterocycles. The van der Waals surface area contributed by atoms with Gasteiger partial charge in [0.05, 0.1) is 10.2 Å². The van der Waals surface area contributed by atoms with Crippen molar-refractivity contribution in [2.45, 2.75) is 20.5 Å². The summed E-state index contributed by atoms with van der Waals surface area (Å²) in [6.45, 7) is 4.92. The molecule has 0 radical (unpaired) electrons. The molecule has 0 unspecified atom stereocenters. The van der Waals surface area contributed by atoms with E-state index in [1.54, 1.807) is 6.08 Å². The van der Waals surface area contributed by atoms with E-state index in [4.69, 9.17) is 14.2 Å². The van der Waals surface area contributed by atoms with Crippen LogP contribution in [-0.4, -0.2) is 18.5 Å². The molecule has 0 fully saturated rings. The van der Waals surface area contributed by atoms with E-state index in [1.807, 2.05) is 61.5 Å². The average molecular weight is 539 g/mol. The van der Waals surface area contributed by atoms with Crippen LogP contribution < -0.4 is 9.47 Å². The maximum atomic E-state index is 12.3. The lowest BCUT2D eigenvalue weighted by Gasteiger charge is -2.15. The van der Waals surface area contributed by atoms with Crippen LogP contribution in [-0.2, 0) is 16.1 Å². The van der Waals surface area contributed by atoms with Crippen molar-refractivity contribution in [1.82, 2.24) is 0 Å². The van der Waals surface area contributed by atoms with Gasteiger partial charge < -0.3 is 14.2 Å². The van der Waals surface area contributed by atoms with E-state index < -0.39 is 5.97 Å². The molecule has 32 heavy (non-hydrogen) atoms. The maximum absolute atomic E-state index is 12.3. The van der Waals surface area contributed by atoms with E-state index in [9.17, 15) is 4.79 Å². The number of hydrogen-bond acceptors (Lipinski definition) is 5. The Balaban J connectivity index is 1.61. The quantitative estimate of drug-likeness (QED) is 0.213. The molecule has 1 aliphatic heterocycles. The average Bonchev–Trinajstić information content (AvgIpc) is 3.14. The van der Waals surface area contributed by atoms with Gasteiger partial charge in [-0.2, -0.15) is 0 Å². The molecule has 162 valence electrons. The van der Waals surface area contributed by atoms with Gasteiger partial charge >= 0.3 is 5.97 Å². The van der Waals surface area contributed by atoms with Gasteiger partial charge in [-0.1, -0.05) is 48.0 Å². The van der Waals surface area contributed by atoms with Crippen LogP contribution in [0.25, 0.3) is 6.08 Å². The highest BCUT2D eigenvalue weighted by atomic mass is 127. The maximum Gasteiger partial charge on any atom is 0.363 e. The number of cyclic esters (lactones) is 1. The molecule has 0 atom stereocenters. The van der Waals surface area contributed by atoms with E-state index in [0.29, 0.717) is 30.6 Å². The van der Waals surface area contributed by atoms with Crippen molar-refractivity contribution in [2.24, 2.45) is 4.99 Å². The summed E-state index contributed by atoms with van der Waals surface area (Å²) < 4.78 is 18.2. The van der Waals surface area contributed by atoms with Crippen molar-refractivity contribution in [3.8, 4) is 11.5 Å². The molecule has 3 aromatic rings. The molecule has 0 amide bonds. The topological polar surface area (TPSA) is 57.1 Å². The third-order valence-corrected chi connectivity index (χ3v) is 5.54. The highest BCUT2D eigenvalue weighted by Gasteiger charge is 2.24. The predicted molar refractivity (Wildman–Crippen MR) is 133 cm³/mol. The Labute approximate surface area is 200 Å². The second kappa shape index (κ2) is 9.99. The third-order valence-electron chi connectivity index (χ3n) is 4.74. The second-order valence-corrected chi connectivity index (χ2v) is 8.40. The van der Waals surface area contributed by atoms with Crippen molar-refractivity contribution in [3.05, 3.63) is 98.3 Å². The zero-order chi connectivity index (χ0) is 22.5. The Hall–Kier alpha value is -3.13. The first kappa shape index (κ1) is 22.1. The van der Waals surface area contributed by atoms with Gasteiger partial charge in [0, 0.05) is 5.56 Å². The number of esters is 1. The molecule has 0 aromatic heterocycles. The smallest absolute Gasteiger partial charge is 0.363 e. The lowest BCUT2D eigenvalue weighted by molar-refractivity contribution is -0.129. The summed E-state index contributed by atoms with van der Waals surface area (Å²) in [5.41, 5.74) is 4.06. The van der Waals surface area contributed by atoms with E-state index in [0.717, 1.165) is 20.3 Å². The SMILES string of the molecule is CCOc1cc(/C=C2/N=C(c3ccccc3)OC2=O)cc(I)c1OCc1cccc(C)c1. The van der Waals surface area contributed by atoms with Crippen LogP contribution in [0.3, 0.4) is 0 Å². The first-order valence-electron chi connectivity index (χ1n) is 10.3. The molecule has 0 bridgehead atoms. The molecule has 6 heteroatoms. The van der Waals surface area contributed by atoms with Crippen LogP contribution in [0.4, 0.5) is 0 Å². The number of aryl methyl sites for hydroxylation is 1. The molecule has 3 aromatic carbocycles. The van der Waals surface area contributed by atoms with Gasteiger partial charge in [-0.15, -0.1) is 0 Å². The van der Waals surface area contributed by atoms with E-state index in [2.05, 4.69) is 46.6 Å². The minimum Gasteiger partial charge on any atom is -0.490 e. The minimum atomic E-state index is -0.475. The summed E-state index contributed by atoms with van der Waals surface area (Å²) in [5.74, 6) is 1.13. The largest absolute Gasteiger partial charge is 0.490 e. The van der Waals surface area contributed by atoms with E-state index in [-0.39, 0.29) is 5.70 Å². The number of aliphatic imine (C=N–C) groups is 1. The number of rotatable bonds is 7. The zero-order valence-corrected chi connectivity index (χ0v) is 20.0. The molecule has 0 aliphatic carbocycles. The van der Waals surface area contributed by atoms with Crippen LogP contribution >= 0.6 is 22.6 Å². The van der Waals surface area contributed by atoms with Crippen LogP contribution in [0, 0.1) is 10.5 Å². The molecule has 4 rings (SSSR count). The molecule has 1 aliphatic rings. The molecule has 0 N–H and O–H groups in total. The van der Waals surface area contributed by atoms with Crippen LogP contribution in [0.2, 0.25) is 0 Å². The lowest BCUT2D eigenvalue weighted by Crippen LogP contribution is -2.05. The highest BCUT2D eigenvalue weighted by molar-refractivity contribution is 14.1. The van der Waals surface area contributed by atoms with Gasteiger partial charge in [-0.05, 0) is 77.9 Å². The van der Waals surface area contributed by atoms with Crippen molar-refractivity contribution < 1.29 is 19.0 Å². The molecular formula is C26H22INO4. The summed E-state index contributed by atoms with van der Waals surface area (Å²) in [4.78, 5) is 16.7. The van der Waals surface area contributed by atoms with Gasteiger partial charge in [0.1, 0.15) is 6.61 Å². The molecular weight excluding hydrogens is 517 g/mol. The summed E-state index contributed by atoms with van der Waals surface area (Å²) in [7, 11) is 0. The number of carbonyl (C=O) groups is 1. The fourth-order valence-corrected chi connectivity index (χ4v) is 4.08. The summed E-state index contributed by atoms with van der Waals surface area (Å²) in [6, 6.07) is 21.3. The normalized spacial score (nSPS) is 14.3. The number of ether oxygens (including phenoxy) is 3. The van der Waals surface area contributed by atoms with Crippen molar-refractivity contribution >= 4 is 40.5 Å². The number of halogens is 1. The number of carbonyl (C=O) groups excluding carboxylic acids is 1. The lowest BCUT2D eigenvalue weighted by atomic mass is 10.1. The Morgan fingerprint density at radius 3 is 2.59 bits per heavy atom. The van der Waals surface area contributed by atoms with Crippen molar-refractivity contribution in [3.63, 3.8) is 0 Å². The standard InChI is InChI=1S/C26H22INO4/c1-3-30-23-15-19(13-21(27)24(23)31-16-18-9-7-8-17(2)12-18)14-22-26(29)32-25(28-22)20-10-5-4-6-11-20/h4-15H,3,16H2,1-2H3/b22-14+. The van der Waals surface area contributed by atoms with Gasteiger partial charge in [0.15, 0.2) is 17.2 Å². The van der Waals surface area contributed by atoms with Crippen molar-refractivity contribution in [2.75, 3.05) is 6.61 Å². The second-order valence-electron chi connectivity index (χ2n) is 7.24. The predicted octanol–water partition coefficient (Wildman–Crippen LogP) is 5.92. The zero-order valence-electron chi connectivity index (χ0n) is 17.8.